The summed E-state index contributed by atoms with van der Waals surface area (Å²) in [5.41, 5.74) is 2.00. The predicted octanol–water partition coefficient (Wildman–Crippen LogP) is 3.76. The second-order valence-electron chi connectivity index (χ2n) is 6.54. The molecule has 1 aliphatic rings. The van der Waals surface area contributed by atoms with Gasteiger partial charge in [0.15, 0.2) is 0 Å². The first-order chi connectivity index (χ1) is 13.3. The third kappa shape index (κ3) is 3.89. The van der Waals surface area contributed by atoms with Gasteiger partial charge in [-0.3, -0.25) is 14.3 Å². The van der Waals surface area contributed by atoms with Crippen molar-refractivity contribution < 1.29 is 8.42 Å². The molecule has 1 saturated carbocycles. The smallest absolute Gasteiger partial charge is 0.235 e. The molecule has 1 fully saturated rings. The molecule has 0 spiro atoms. The van der Waals surface area contributed by atoms with E-state index in [0.29, 0.717) is 32.7 Å². The van der Waals surface area contributed by atoms with Gasteiger partial charge >= 0.3 is 0 Å². The lowest BCUT2D eigenvalue weighted by Crippen LogP contribution is -2.30. The number of aromatic nitrogens is 4. The lowest BCUT2D eigenvalue weighted by molar-refractivity contribution is 0.590. The first-order valence-corrected chi connectivity index (χ1v) is 11.3. The van der Waals surface area contributed by atoms with Gasteiger partial charge in [-0.1, -0.05) is 0 Å². The Hall–Kier alpha value is -2.04. The largest absolute Gasteiger partial charge is 0.337 e. The van der Waals surface area contributed by atoms with Crippen molar-refractivity contribution in [3.8, 4) is 0 Å². The van der Waals surface area contributed by atoms with Gasteiger partial charge in [-0.05, 0) is 58.4 Å². The van der Waals surface area contributed by atoms with Gasteiger partial charge in [-0.2, -0.15) is 4.98 Å². The van der Waals surface area contributed by atoms with Crippen LogP contribution in [0.3, 0.4) is 0 Å². The van der Waals surface area contributed by atoms with Crippen LogP contribution in [0.5, 0.6) is 0 Å². The number of sulfonamides is 1. The van der Waals surface area contributed by atoms with Crippen molar-refractivity contribution >= 4 is 65.8 Å². The minimum absolute atomic E-state index is 0.0718. The number of nitrogens with zero attached hydrogens (tertiary/aromatic N) is 5. The summed E-state index contributed by atoms with van der Waals surface area (Å²) in [5, 5.41) is 3.21. The van der Waals surface area contributed by atoms with Crippen LogP contribution in [0.1, 0.15) is 12.8 Å². The molecule has 11 heteroatoms. The Balaban J connectivity index is 1.84. The van der Waals surface area contributed by atoms with Gasteiger partial charge in [0.2, 0.25) is 15.3 Å². The molecule has 0 radical (unpaired) electrons. The Morgan fingerprint density at radius 3 is 2.75 bits per heavy atom. The van der Waals surface area contributed by atoms with Gasteiger partial charge in [-0.25, -0.2) is 13.4 Å². The number of halogens is 2. The van der Waals surface area contributed by atoms with Crippen LogP contribution in [0.15, 0.2) is 35.2 Å². The van der Waals surface area contributed by atoms with Gasteiger partial charge in [0.25, 0.3) is 0 Å². The van der Waals surface area contributed by atoms with E-state index in [-0.39, 0.29) is 17.0 Å². The van der Waals surface area contributed by atoms with Crippen LogP contribution in [0.4, 0.5) is 17.2 Å². The molecule has 3 aromatic rings. The van der Waals surface area contributed by atoms with Crippen molar-refractivity contribution in [2.75, 3.05) is 22.4 Å². The molecule has 2 heterocycles. The molecule has 1 N–H and O–H groups in total. The van der Waals surface area contributed by atoms with Crippen LogP contribution >= 0.6 is 27.5 Å². The molecular weight excluding hydrogens is 468 g/mol. The van der Waals surface area contributed by atoms with Gasteiger partial charge in [0, 0.05) is 25.6 Å². The molecule has 0 bridgehead atoms. The Kier molecular flexibility index (Phi) is 5.11. The highest BCUT2D eigenvalue weighted by molar-refractivity contribution is 9.10. The summed E-state index contributed by atoms with van der Waals surface area (Å²) in [5.74, 6) is 0.750. The topological polar surface area (TPSA) is 101 Å². The fourth-order valence-corrected chi connectivity index (χ4v) is 4.87. The van der Waals surface area contributed by atoms with Gasteiger partial charge in [0.1, 0.15) is 17.0 Å². The lowest BCUT2D eigenvalue weighted by Gasteiger charge is -2.24. The molecule has 0 unspecified atom stereocenters. The molecule has 1 aliphatic carbocycles. The number of benzene rings is 1. The second-order valence-corrected chi connectivity index (χ2v) is 9.77. The van der Waals surface area contributed by atoms with Gasteiger partial charge < -0.3 is 5.32 Å². The third-order valence-electron chi connectivity index (χ3n) is 4.46. The Labute approximate surface area is 175 Å². The molecule has 0 amide bonds. The van der Waals surface area contributed by atoms with E-state index in [1.54, 1.807) is 18.3 Å². The number of anilines is 3. The maximum absolute atomic E-state index is 12.9. The standard InChI is InChI=1S/C17H16BrClN6O2S/c1-25(28(26,27)9-10-2-3-10)15-13(5-4-12-14(15)21-7-6-20-12)23-16-11(18)8-22-17(19)24-16/h4-8,10H,2-3,9H2,1H3,(H,22,23,24). The highest BCUT2D eigenvalue weighted by Crippen LogP contribution is 2.38. The normalized spacial score (nSPS) is 14.2. The van der Waals surface area contributed by atoms with E-state index in [4.69, 9.17) is 11.6 Å². The van der Waals surface area contributed by atoms with Crippen molar-refractivity contribution in [2.24, 2.45) is 5.92 Å². The number of rotatable bonds is 6. The maximum atomic E-state index is 12.9. The summed E-state index contributed by atoms with van der Waals surface area (Å²) in [6.07, 6.45) is 6.51. The zero-order chi connectivity index (χ0) is 19.9. The van der Waals surface area contributed by atoms with Crippen LogP contribution < -0.4 is 9.62 Å². The Morgan fingerprint density at radius 1 is 1.25 bits per heavy atom. The van der Waals surface area contributed by atoms with Crippen molar-refractivity contribution in [3.63, 3.8) is 0 Å². The Bertz CT molecular complexity index is 1160. The average molecular weight is 484 g/mol. The maximum Gasteiger partial charge on any atom is 0.235 e. The summed E-state index contributed by atoms with van der Waals surface area (Å²) >= 11 is 9.28. The van der Waals surface area contributed by atoms with Gasteiger partial charge in [0.05, 0.1) is 21.4 Å². The van der Waals surface area contributed by atoms with E-state index in [0.717, 1.165) is 12.8 Å². The molecule has 2 aromatic heterocycles. The predicted molar refractivity (Wildman–Crippen MR) is 112 cm³/mol. The van der Waals surface area contributed by atoms with E-state index in [2.05, 4.69) is 41.2 Å². The summed E-state index contributed by atoms with van der Waals surface area (Å²) in [7, 11) is -1.98. The number of nitrogens with one attached hydrogen (secondary N) is 1. The van der Waals surface area contributed by atoms with Crippen LogP contribution in [0.25, 0.3) is 11.0 Å². The van der Waals surface area contributed by atoms with Crippen LogP contribution in [-0.2, 0) is 10.0 Å². The first-order valence-electron chi connectivity index (χ1n) is 8.50. The molecule has 0 aliphatic heterocycles. The molecular formula is C17H16BrClN6O2S. The summed E-state index contributed by atoms with van der Waals surface area (Å²) in [6, 6.07) is 3.52. The van der Waals surface area contributed by atoms with Crippen molar-refractivity contribution in [1.82, 2.24) is 19.9 Å². The SMILES string of the molecule is CN(c1c(Nc2nc(Cl)ncc2Br)ccc2nccnc12)S(=O)(=O)CC1CC1. The van der Waals surface area contributed by atoms with E-state index in [1.165, 1.54) is 23.7 Å². The van der Waals surface area contributed by atoms with Crippen molar-refractivity contribution in [3.05, 3.63) is 40.5 Å². The average Bonchev–Trinajstić information content (AvgIpc) is 3.47. The second kappa shape index (κ2) is 7.41. The van der Waals surface area contributed by atoms with E-state index < -0.39 is 10.0 Å². The molecule has 28 heavy (non-hydrogen) atoms. The summed E-state index contributed by atoms with van der Waals surface area (Å²) < 4.78 is 27.8. The van der Waals surface area contributed by atoms with Crippen LogP contribution in [-0.4, -0.2) is 41.2 Å². The molecule has 0 atom stereocenters. The molecule has 0 saturated heterocycles. The molecule has 8 nitrogen and oxygen atoms in total. The quantitative estimate of drug-likeness (QED) is 0.533. The van der Waals surface area contributed by atoms with Gasteiger partial charge in [-0.15, -0.1) is 0 Å². The number of fused-ring (bicyclic) bond motifs is 1. The number of hydrogen-bond acceptors (Lipinski definition) is 7. The Morgan fingerprint density at radius 2 is 2.00 bits per heavy atom. The minimum atomic E-state index is -3.52. The molecule has 4 rings (SSSR count). The highest BCUT2D eigenvalue weighted by atomic mass is 79.9. The highest BCUT2D eigenvalue weighted by Gasteiger charge is 2.32. The summed E-state index contributed by atoms with van der Waals surface area (Å²) in [6.45, 7) is 0. The monoisotopic (exact) mass is 482 g/mol. The molecule has 1 aromatic carbocycles. The van der Waals surface area contributed by atoms with Crippen LogP contribution in [0.2, 0.25) is 5.28 Å². The molecule has 146 valence electrons. The lowest BCUT2D eigenvalue weighted by atomic mass is 10.2. The van der Waals surface area contributed by atoms with Crippen molar-refractivity contribution in [1.29, 1.82) is 0 Å². The van der Waals surface area contributed by atoms with E-state index in [9.17, 15) is 8.42 Å². The van der Waals surface area contributed by atoms with E-state index in [1.807, 2.05) is 0 Å². The van der Waals surface area contributed by atoms with E-state index >= 15 is 0 Å². The number of hydrogen-bond donors (Lipinski definition) is 1. The fourth-order valence-electron chi connectivity index (χ4n) is 2.84. The zero-order valence-corrected chi connectivity index (χ0v) is 18.0. The third-order valence-corrected chi connectivity index (χ3v) is 7.13. The fraction of sp³-hybridized carbons (Fsp3) is 0.294. The first kappa shape index (κ1) is 19.3. The summed E-state index contributed by atoms with van der Waals surface area (Å²) in [4.78, 5) is 16.7. The minimum Gasteiger partial charge on any atom is -0.337 e. The van der Waals surface area contributed by atoms with Crippen LogP contribution in [0, 0.1) is 5.92 Å². The zero-order valence-electron chi connectivity index (χ0n) is 14.8. The van der Waals surface area contributed by atoms with Crippen molar-refractivity contribution in [2.45, 2.75) is 12.8 Å².